The van der Waals surface area contributed by atoms with Crippen molar-refractivity contribution in [1.82, 2.24) is 0 Å². The monoisotopic (exact) mass is 253 g/mol. The Kier molecular flexibility index (Phi) is 3.70. The SMILES string of the molecule is C=CC1=C(/C=C\C)C(=O)N(c2cc(C)ccc2C)C1. The summed E-state index contributed by atoms with van der Waals surface area (Å²) in [7, 11) is 0. The third-order valence-electron chi connectivity index (χ3n) is 3.39. The van der Waals surface area contributed by atoms with Crippen LogP contribution in [0.1, 0.15) is 18.1 Å². The predicted molar refractivity (Wildman–Crippen MR) is 80.3 cm³/mol. The number of carbonyl (C=O) groups excluding carboxylic acids is 1. The second-order valence-corrected chi connectivity index (χ2v) is 4.82. The molecule has 1 aliphatic heterocycles. The lowest BCUT2D eigenvalue weighted by Crippen LogP contribution is -2.27. The Bertz CT molecular complexity index is 593. The molecular formula is C17H19NO. The van der Waals surface area contributed by atoms with E-state index in [1.807, 2.05) is 37.8 Å². The van der Waals surface area contributed by atoms with Crippen LogP contribution < -0.4 is 4.90 Å². The summed E-state index contributed by atoms with van der Waals surface area (Å²) in [6, 6.07) is 6.18. The van der Waals surface area contributed by atoms with Crippen molar-refractivity contribution in [1.29, 1.82) is 0 Å². The van der Waals surface area contributed by atoms with Crippen molar-refractivity contribution in [3.8, 4) is 0 Å². The van der Waals surface area contributed by atoms with Gasteiger partial charge in [0.25, 0.3) is 5.91 Å². The lowest BCUT2D eigenvalue weighted by atomic mass is 10.1. The fraction of sp³-hybridized carbons (Fsp3) is 0.235. The molecule has 2 nitrogen and oxygen atoms in total. The lowest BCUT2D eigenvalue weighted by Gasteiger charge is -2.19. The molecule has 0 bridgehead atoms. The number of amides is 1. The Labute approximate surface area is 114 Å². The van der Waals surface area contributed by atoms with Crippen molar-refractivity contribution in [2.45, 2.75) is 20.8 Å². The van der Waals surface area contributed by atoms with Crippen LogP contribution in [0.5, 0.6) is 0 Å². The summed E-state index contributed by atoms with van der Waals surface area (Å²) >= 11 is 0. The Morgan fingerprint density at radius 1 is 1.32 bits per heavy atom. The molecule has 19 heavy (non-hydrogen) atoms. The molecular weight excluding hydrogens is 234 g/mol. The molecule has 0 fully saturated rings. The van der Waals surface area contributed by atoms with Crippen LogP contribution in [0.4, 0.5) is 5.69 Å². The third kappa shape index (κ3) is 2.39. The Balaban J connectivity index is 2.43. The molecule has 1 heterocycles. The van der Waals surface area contributed by atoms with Crippen molar-refractivity contribution in [3.05, 3.63) is 65.3 Å². The van der Waals surface area contributed by atoms with Crippen molar-refractivity contribution >= 4 is 11.6 Å². The van der Waals surface area contributed by atoms with Gasteiger partial charge in [-0.05, 0) is 43.5 Å². The summed E-state index contributed by atoms with van der Waals surface area (Å²) in [5, 5.41) is 0. The largest absolute Gasteiger partial charge is 0.304 e. The standard InChI is InChI=1S/C17H19NO/c1-5-7-15-14(6-2)11-18(17(15)19)16-10-12(3)8-9-13(16)4/h5-10H,2,11H2,1,3-4H3/b7-5-. The van der Waals surface area contributed by atoms with Crippen LogP contribution >= 0.6 is 0 Å². The first-order valence-electron chi connectivity index (χ1n) is 6.46. The lowest BCUT2D eigenvalue weighted by molar-refractivity contribution is -0.114. The van der Waals surface area contributed by atoms with Gasteiger partial charge in [-0.1, -0.05) is 36.9 Å². The number of hydrogen-bond donors (Lipinski definition) is 0. The van der Waals surface area contributed by atoms with E-state index in [-0.39, 0.29) is 5.91 Å². The van der Waals surface area contributed by atoms with E-state index in [0.29, 0.717) is 6.54 Å². The summed E-state index contributed by atoms with van der Waals surface area (Å²) in [6.45, 7) is 10.4. The molecule has 1 aromatic rings. The fourth-order valence-electron chi connectivity index (χ4n) is 2.33. The van der Waals surface area contributed by atoms with Gasteiger partial charge in [0.05, 0.1) is 6.54 Å². The normalized spacial score (nSPS) is 15.7. The first-order chi connectivity index (χ1) is 9.08. The van der Waals surface area contributed by atoms with Crippen molar-refractivity contribution in [3.63, 3.8) is 0 Å². The molecule has 98 valence electrons. The molecule has 0 saturated heterocycles. The van der Waals surface area contributed by atoms with E-state index in [4.69, 9.17) is 0 Å². The molecule has 0 N–H and O–H groups in total. The average Bonchev–Trinajstić information content (AvgIpc) is 2.70. The Hall–Kier alpha value is -2.09. The molecule has 0 aliphatic carbocycles. The number of anilines is 1. The van der Waals surface area contributed by atoms with Crippen molar-refractivity contribution in [2.75, 3.05) is 11.4 Å². The summed E-state index contributed by atoms with van der Waals surface area (Å²) in [4.78, 5) is 14.3. The average molecular weight is 253 g/mol. The number of hydrogen-bond acceptors (Lipinski definition) is 1. The summed E-state index contributed by atoms with van der Waals surface area (Å²) in [6.07, 6.45) is 5.53. The van der Waals surface area contributed by atoms with Crippen LogP contribution in [-0.2, 0) is 4.79 Å². The molecule has 0 aromatic heterocycles. The van der Waals surface area contributed by atoms with Crippen LogP contribution in [0.15, 0.2) is 54.2 Å². The van der Waals surface area contributed by atoms with Gasteiger partial charge in [-0.3, -0.25) is 4.79 Å². The van der Waals surface area contributed by atoms with Crippen molar-refractivity contribution in [2.24, 2.45) is 0 Å². The minimum Gasteiger partial charge on any atom is -0.304 e. The smallest absolute Gasteiger partial charge is 0.258 e. The molecule has 2 rings (SSSR count). The topological polar surface area (TPSA) is 20.3 Å². The second kappa shape index (κ2) is 5.27. The molecule has 1 amide bonds. The van der Waals surface area contributed by atoms with Crippen LogP contribution in [0.2, 0.25) is 0 Å². The Morgan fingerprint density at radius 3 is 2.68 bits per heavy atom. The van der Waals surface area contributed by atoms with E-state index in [1.165, 1.54) is 0 Å². The maximum absolute atomic E-state index is 12.5. The Morgan fingerprint density at radius 2 is 2.05 bits per heavy atom. The number of carbonyl (C=O) groups is 1. The summed E-state index contributed by atoms with van der Waals surface area (Å²) in [5.74, 6) is 0.0571. The van der Waals surface area contributed by atoms with Crippen LogP contribution in [0.3, 0.4) is 0 Å². The molecule has 0 spiro atoms. The van der Waals surface area contributed by atoms with E-state index in [9.17, 15) is 4.79 Å². The maximum Gasteiger partial charge on any atom is 0.258 e. The maximum atomic E-state index is 12.5. The summed E-state index contributed by atoms with van der Waals surface area (Å²) < 4.78 is 0. The van der Waals surface area contributed by atoms with Crippen LogP contribution in [-0.4, -0.2) is 12.5 Å². The zero-order valence-corrected chi connectivity index (χ0v) is 11.7. The highest BCUT2D eigenvalue weighted by molar-refractivity contribution is 6.12. The number of nitrogens with zero attached hydrogens (tertiary/aromatic N) is 1. The predicted octanol–water partition coefficient (Wildman–Crippen LogP) is 3.71. The van der Waals surface area contributed by atoms with Crippen LogP contribution in [0, 0.1) is 13.8 Å². The minimum atomic E-state index is 0.0571. The molecule has 1 aliphatic rings. The van der Waals surface area contributed by atoms with E-state index in [1.54, 1.807) is 6.08 Å². The highest BCUT2D eigenvalue weighted by Crippen LogP contribution is 2.30. The first-order valence-corrected chi connectivity index (χ1v) is 6.46. The highest BCUT2D eigenvalue weighted by atomic mass is 16.2. The van der Waals surface area contributed by atoms with E-state index < -0.39 is 0 Å². The van der Waals surface area contributed by atoms with Crippen molar-refractivity contribution < 1.29 is 4.79 Å². The van der Waals surface area contributed by atoms with Gasteiger partial charge in [0.15, 0.2) is 0 Å². The fourth-order valence-corrected chi connectivity index (χ4v) is 2.33. The van der Waals surface area contributed by atoms with Gasteiger partial charge < -0.3 is 4.90 Å². The molecule has 0 radical (unpaired) electrons. The van der Waals surface area contributed by atoms with Gasteiger partial charge in [0.1, 0.15) is 0 Å². The molecule has 1 aromatic carbocycles. The molecule has 2 heteroatoms. The van der Waals surface area contributed by atoms with Gasteiger partial charge in [-0.2, -0.15) is 0 Å². The van der Waals surface area contributed by atoms with Gasteiger partial charge >= 0.3 is 0 Å². The third-order valence-corrected chi connectivity index (χ3v) is 3.39. The van der Waals surface area contributed by atoms with E-state index >= 15 is 0 Å². The van der Waals surface area contributed by atoms with Gasteiger partial charge in [-0.25, -0.2) is 0 Å². The number of benzene rings is 1. The summed E-state index contributed by atoms with van der Waals surface area (Å²) in [5.41, 5.74) is 5.00. The minimum absolute atomic E-state index is 0.0571. The first kappa shape index (κ1) is 13.3. The number of rotatable bonds is 3. The number of allylic oxidation sites excluding steroid dienone is 1. The molecule has 0 saturated carbocycles. The zero-order chi connectivity index (χ0) is 14.0. The second-order valence-electron chi connectivity index (χ2n) is 4.82. The van der Waals surface area contributed by atoms with Gasteiger partial charge in [0.2, 0.25) is 0 Å². The van der Waals surface area contributed by atoms with Crippen LogP contribution in [0.25, 0.3) is 0 Å². The number of aryl methyl sites for hydroxylation is 2. The van der Waals surface area contributed by atoms with Gasteiger partial charge in [0, 0.05) is 11.3 Å². The van der Waals surface area contributed by atoms with E-state index in [2.05, 4.69) is 24.8 Å². The molecule has 0 unspecified atom stereocenters. The zero-order valence-electron chi connectivity index (χ0n) is 11.7. The van der Waals surface area contributed by atoms with Gasteiger partial charge in [-0.15, -0.1) is 0 Å². The van der Waals surface area contributed by atoms with E-state index in [0.717, 1.165) is 28.0 Å². The molecule has 0 atom stereocenters. The quantitative estimate of drug-likeness (QED) is 0.804. The highest BCUT2D eigenvalue weighted by Gasteiger charge is 2.29.